The van der Waals surface area contributed by atoms with Crippen LogP contribution in [0.3, 0.4) is 0 Å². The molecule has 0 saturated heterocycles. The Morgan fingerprint density at radius 3 is 1.14 bits per heavy atom. The van der Waals surface area contributed by atoms with Gasteiger partial charge < -0.3 is 0 Å². The maximum absolute atomic E-state index is 14.3. The number of alkyl halides is 10. The van der Waals surface area contributed by atoms with E-state index in [0.29, 0.717) is 13.8 Å². The third-order valence-electron chi connectivity index (χ3n) is 3.03. The average Bonchev–Trinajstić information content (AvgIpc) is 2.08. The summed E-state index contributed by atoms with van der Waals surface area (Å²) in [6.07, 6.45) is -8.52. The van der Waals surface area contributed by atoms with E-state index in [9.17, 15) is 35.1 Å². The topological polar surface area (TPSA) is 0 Å². The van der Waals surface area contributed by atoms with E-state index in [0.717, 1.165) is 59.0 Å². The minimum atomic E-state index is -5.99. The SMILES string of the molecule is CC(C)(I)C(F)(F)CC(F)(F)C(F)(C(F)(F)F)C(C)(C)I. The van der Waals surface area contributed by atoms with Gasteiger partial charge in [0.15, 0.2) is 0 Å². The van der Waals surface area contributed by atoms with Crippen LogP contribution in [0.4, 0.5) is 35.1 Å². The predicted octanol–water partition coefficient (Wildman–Crippen LogP) is 6.34. The van der Waals surface area contributed by atoms with Crippen molar-refractivity contribution in [2.24, 2.45) is 0 Å². The second kappa shape index (κ2) is 5.76. The molecule has 1 atom stereocenters. The monoisotopic (exact) mass is 552 g/mol. The Balaban J connectivity index is 5.96. The molecule has 0 nitrogen and oxygen atoms in total. The van der Waals surface area contributed by atoms with Gasteiger partial charge in [-0.3, -0.25) is 0 Å². The summed E-state index contributed by atoms with van der Waals surface area (Å²) in [4.78, 5) is 0. The Hall–Kier alpha value is 0.900. The highest BCUT2D eigenvalue weighted by Gasteiger charge is 2.78. The molecule has 0 aliphatic heterocycles. The van der Waals surface area contributed by atoms with Crippen molar-refractivity contribution in [3.05, 3.63) is 0 Å². The molecule has 0 aliphatic rings. The molecule has 0 heterocycles. The van der Waals surface area contributed by atoms with Crippen molar-refractivity contribution in [3.8, 4) is 0 Å². The quantitative estimate of drug-likeness (QED) is 0.212. The second-order valence-electron chi connectivity index (χ2n) is 5.69. The van der Waals surface area contributed by atoms with Crippen LogP contribution in [-0.4, -0.2) is 30.5 Å². The summed E-state index contributed by atoms with van der Waals surface area (Å²) in [5.74, 6) is -9.48. The molecule has 0 fully saturated rings. The summed E-state index contributed by atoms with van der Waals surface area (Å²) in [7, 11) is 0. The van der Waals surface area contributed by atoms with Gasteiger partial charge in [0.1, 0.15) is 0 Å². The number of hydrogen-bond donors (Lipinski definition) is 0. The molecule has 0 aliphatic carbocycles. The Morgan fingerprint density at radius 1 is 0.619 bits per heavy atom. The van der Waals surface area contributed by atoms with Crippen molar-refractivity contribution in [2.45, 2.75) is 64.6 Å². The molecule has 0 rings (SSSR count). The van der Waals surface area contributed by atoms with E-state index >= 15 is 0 Å². The smallest absolute Gasteiger partial charge is 0.226 e. The van der Waals surface area contributed by atoms with Gasteiger partial charge in [-0.25, -0.2) is 22.0 Å². The van der Waals surface area contributed by atoms with Gasteiger partial charge in [0, 0.05) is 0 Å². The van der Waals surface area contributed by atoms with Crippen molar-refractivity contribution in [1.29, 1.82) is 0 Å². The van der Waals surface area contributed by atoms with E-state index in [2.05, 4.69) is 0 Å². The molecule has 0 aromatic heterocycles. The highest BCUT2D eigenvalue weighted by Crippen LogP contribution is 2.58. The molecular formula is C11H14F8I2. The first-order chi connectivity index (χ1) is 8.71. The summed E-state index contributed by atoms with van der Waals surface area (Å²) in [6.45, 7) is 2.93. The first-order valence-corrected chi connectivity index (χ1v) is 7.75. The Morgan fingerprint density at radius 2 is 0.952 bits per heavy atom. The van der Waals surface area contributed by atoms with Crippen molar-refractivity contribution in [3.63, 3.8) is 0 Å². The van der Waals surface area contributed by atoms with Gasteiger partial charge in [-0.2, -0.15) is 13.2 Å². The van der Waals surface area contributed by atoms with E-state index in [1.807, 2.05) is 0 Å². The number of halogens is 10. The average molecular weight is 552 g/mol. The fraction of sp³-hybridized carbons (Fsp3) is 1.00. The first-order valence-electron chi connectivity index (χ1n) is 5.60. The standard InChI is InChI=1S/C11H14F8I2/c1-6(2,20)8(12,13)5-9(14,15)10(16,7(3,4)21)11(17,18)19/h5H2,1-4H3. The maximum Gasteiger partial charge on any atom is 0.429 e. The molecule has 128 valence electrons. The van der Waals surface area contributed by atoms with Crippen LogP contribution in [0.1, 0.15) is 34.1 Å². The van der Waals surface area contributed by atoms with E-state index in [1.54, 1.807) is 0 Å². The molecule has 0 N–H and O–H groups in total. The van der Waals surface area contributed by atoms with Gasteiger partial charge in [-0.1, -0.05) is 45.2 Å². The van der Waals surface area contributed by atoms with Crippen LogP contribution < -0.4 is 0 Å². The first kappa shape index (κ1) is 21.9. The zero-order valence-electron chi connectivity index (χ0n) is 11.5. The maximum atomic E-state index is 14.3. The summed E-state index contributed by atoms with van der Waals surface area (Å²) < 4.78 is 103. The van der Waals surface area contributed by atoms with Crippen LogP contribution in [0, 0.1) is 0 Å². The second-order valence-corrected chi connectivity index (χ2v) is 11.1. The third-order valence-corrected chi connectivity index (χ3v) is 4.56. The van der Waals surface area contributed by atoms with Gasteiger partial charge >= 0.3 is 6.18 Å². The van der Waals surface area contributed by atoms with Crippen LogP contribution in [-0.2, 0) is 0 Å². The Bertz CT molecular complexity index is 361. The molecule has 0 amide bonds. The van der Waals surface area contributed by atoms with Gasteiger partial charge in [-0.15, -0.1) is 0 Å². The predicted molar refractivity (Wildman–Crippen MR) is 80.6 cm³/mol. The largest absolute Gasteiger partial charge is 0.429 e. The number of rotatable bonds is 5. The van der Waals surface area contributed by atoms with Crippen LogP contribution in [0.2, 0.25) is 0 Å². The molecule has 21 heavy (non-hydrogen) atoms. The van der Waals surface area contributed by atoms with E-state index in [-0.39, 0.29) is 0 Å². The van der Waals surface area contributed by atoms with Crippen molar-refractivity contribution in [1.82, 2.24) is 0 Å². The lowest BCUT2D eigenvalue weighted by Gasteiger charge is -2.44. The lowest BCUT2D eigenvalue weighted by atomic mass is 9.81. The molecule has 0 aromatic rings. The van der Waals surface area contributed by atoms with Crippen molar-refractivity contribution in [2.75, 3.05) is 0 Å². The Kier molecular flexibility index (Phi) is 6.01. The molecule has 0 saturated carbocycles. The highest BCUT2D eigenvalue weighted by molar-refractivity contribution is 14.1. The van der Waals surface area contributed by atoms with Crippen LogP contribution in [0.15, 0.2) is 0 Å². The fourth-order valence-corrected chi connectivity index (χ4v) is 2.48. The van der Waals surface area contributed by atoms with Crippen LogP contribution in [0.5, 0.6) is 0 Å². The zero-order valence-corrected chi connectivity index (χ0v) is 15.8. The van der Waals surface area contributed by atoms with E-state index in [1.165, 1.54) is 0 Å². The van der Waals surface area contributed by atoms with E-state index in [4.69, 9.17) is 0 Å². The van der Waals surface area contributed by atoms with Gasteiger partial charge in [0.2, 0.25) is 0 Å². The third kappa shape index (κ3) is 4.06. The van der Waals surface area contributed by atoms with Crippen molar-refractivity contribution >= 4 is 45.2 Å². The summed E-state index contributed by atoms with van der Waals surface area (Å²) >= 11 is 2.00. The minimum Gasteiger partial charge on any atom is -0.226 e. The lowest BCUT2D eigenvalue weighted by Crippen LogP contribution is -2.66. The molecule has 10 heteroatoms. The van der Waals surface area contributed by atoms with Crippen LogP contribution >= 0.6 is 45.2 Å². The molecule has 0 aromatic carbocycles. The fourth-order valence-electron chi connectivity index (χ4n) is 1.59. The lowest BCUT2D eigenvalue weighted by molar-refractivity contribution is -0.320. The summed E-state index contributed by atoms with van der Waals surface area (Å²) in [5, 5.41) is 0. The van der Waals surface area contributed by atoms with E-state index < -0.39 is 37.0 Å². The van der Waals surface area contributed by atoms with Gasteiger partial charge in [0.25, 0.3) is 17.5 Å². The normalized spacial score (nSPS) is 18.6. The molecule has 0 radical (unpaired) electrons. The van der Waals surface area contributed by atoms with Gasteiger partial charge in [-0.05, 0) is 27.7 Å². The minimum absolute atomic E-state index is 0.586. The summed E-state index contributed by atoms with van der Waals surface area (Å²) in [6, 6.07) is 0. The number of hydrogen-bond acceptors (Lipinski definition) is 0. The molecular weight excluding hydrogens is 538 g/mol. The Labute approximate surface area is 144 Å². The highest BCUT2D eigenvalue weighted by atomic mass is 127. The molecule has 1 unspecified atom stereocenters. The van der Waals surface area contributed by atoms with Crippen LogP contribution in [0.25, 0.3) is 0 Å². The van der Waals surface area contributed by atoms with Crippen molar-refractivity contribution < 1.29 is 35.1 Å². The molecule has 0 bridgehead atoms. The van der Waals surface area contributed by atoms with Gasteiger partial charge in [0.05, 0.1) is 13.3 Å². The summed E-state index contributed by atoms with van der Waals surface area (Å²) in [5.41, 5.74) is -5.08. The zero-order chi connectivity index (χ0) is 17.7. The molecule has 0 spiro atoms.